The fourth-order valence-electron chi connectivity index (χ4n) is 1.98. The van der Waals surface area contributed by atoms with Gasteiger partial charge in [-0.25, -0.2) is 0 Å². The van der Waals surface area contributed by atoms with Crippen molar-refractivity contribution in [3.63, 3.8) is 0 Å². The van der Waals surface area contributed by atoms with Crippen LogP contribution in [0, 0.1) is 0 Å². The van der Waals surface area contributed by atoms with Crippen LogP contribution in [-0.4, -0.2) is 25.3 Å². The third kappa shape index (κ3) is 3.11. The number of anilines is 1. The fourth-order valence-corrected chi connectivity index (χ4v) is 1.98. The van der Waals surface area contributed by atoms with Gasteiger partial charge >= 0.3 is 0 Å². The van der Waals surface area contributed by atoms with Gasteiger partial charge in [0.15, 0.2) is 0 Å². The Hall–Kier alpha value is -1.80. The van der Waals surface area contributed by atoms with Gasteiger partial charge in [0, 0.05) is 25.9 Å². The fraction of sp³-hybridized carbons (Fsp3) is 0.250. The predicted octanol–water partition coefficient (Wildman–Crippen LogP) is 3.17. The van der Waals surface area contributed by atoms with Crippen molar-refractivity contribution >= 4 is 5.69 Å². The van der Waals surface area contributed by atoms with Gasteiger partial charge in [0.2, 0.25) is 0 Å². The largest absolute Gasteiger partial charge is 0.396 e. The molecule has 0 fully saturated rings. The van der Waals surface area contributed by atoms with E-state index < -0.39 is 0 Å². The number of nitrogens with zero attached hydrogens (tertiary/aromatic N) is 1. The molecular formula is C16H19NO. The molecule has 0 spiro atoms. The van der Waals surface area contributed by atoms with Crippen molar-refractivity contribution < 1.29 is 5.11 Å². The third-order valence-corrected chi connectivity index (χ3v) is 3.07. The molecule has 0 saturated heterocycles. The van der Waals surface area contributed by atoms with Crippen LogP contribution in [-0.2, 0) is 0 Å². The molecule has 0 amide bonds. The quantitative estimate of drug-likeness (QED) is 0.869. The molecule has 2 rings (SSSR count). The molecular weight excluding hydrogens is 222 g/mol. The van der Waals surface area contributed by atoms with Gasteiger partial charge in [-0.05, 0) is 29.7 Å². The number of benzene rings is 2. The normalized spacial score (nSPS) is 10.3. The minimum absolute atomic E-state index is 0.242. The monoisotopic (exact) mass is 241 g/mol. The van der Waals surface area contributed by atoms with Crippen molar-refractivity contribution in [1.82, 2.24) is 0 Å². The maximum Gasteiger partial charge on any atom is 0.0447 e. The van der Waals surface area contributed by atoms with Crippen molar-refractivity contribution in [3.05, 3.63) is 54.6 Å². The summed E-state index contributed by atoms with van der Waals surface area (Å²) in [7, 11) is 2.05. The Labute approximate surface area is 109 Å². The average molecular weight is 241 g/mol. The van der Waals surface area contributed by atoms with Crippen LogP contribution in [0.5, 0.6) is 0 Å². The van der Waals surface area contributed by atoms with Crippen LogP contribution in [0.2, 0.25) is 0 Å². The van der Waals surface area contributed by atoms with E-state index in [1.807, 2.05) is 13.1 Å². The smallest absolute Gasteiger partial charge is 0.0447 e. The minimum atomic E-state index is 0.242. The summed E-state index contributed by atoms with van der Waals surface area (Å²) in [4.78, 5) is 2.16. The topological polar surface area (TPSA) is 23.5 Å². The van der Waals surface area contributed by atoms with Crippen molar-refractivity contribution in [2.75, 3.05) is 25.1 Å². The standard InChI is InChI=1S/C16H19NO/c1-17(12-5-13-18)16-10-8-15(9-11-16)14-6-3-2-4-7-14/h2-4,6-11,18H,5,12-13H2,1H3. The van der Waals surface area contributed by atoms with Crippen molar-refractivity contribution in [2.24, 2.45) is 0 Å². The van der Waals surface area contributed by atoms with Crippen LogP contribution in [0.15, 0.2) is 54.6 Å². The summed E-state index contributed by atoms with van der Waals surface area (Å²) in [5, 5.41) is 8.83. The van der Waals surface area contributed by atoms with Gasteiger partial charge < -0.3 is 10.0 Å². The summed E-state index contributed by atoms with van der Waals surface area (Å²) in [6.45, 7) is 1.12. The molecule has 2 heteroatoms. The van der Waals surface area contributed by atoms with Gasteiger partial charge in [-0.3, -0.25) is 0 Å². The maximum absolute atomic E-state index is 8.83. The second kappa shape index (κ2) is 6.22. The second-order valence-electron chi connectivity index (χ2n) is 4.41. The average Bonchev–Trinajstić information content (AvgIpc) is 2.46. The number of hydrogen-bond donors (Lipinski definition) is 1. The maximum atomic E-state index is 8.83. The zero-order chi connectivity index (χ0) is 12.8. The van der Waals surface area contributed by atoms with Crippen molar-refractivity contribution in [2.45, 2.75) is 6.42 Å². The number of aliphatic hydroxyl groups is 1. The third-order valence-electron chi connectivity index (χ3n) is 3.07. The highest BCUT2D eigenvalue weighted by Gasteiger charge is 2.01. The summed E-state index contributed by atoms with van der Waals surface area (Å²) in [6, 6.07) is 18.9. The zero-order valence-electron chi connectivity index (χ0n) is 10.7. The van der Waals surface area contributed by atoms with Gasteiger partial charge in [-0.1, -0.05) is 42.5 Å². The molecule has 0 aliphatic rings. The molecule has 0 aliphatic carbocycles. The molecule has 2 aromatic carbocycles. The first-order valence-electron chi connectivity index (χ1n) is 6.29. The Bertz CT molecular complexity index is 464. The van der Waals surface area contributed by atoms with Gasteiger partial charge in [0.1, 0.15) is 0 Å². The Morgan fingerprint density at radius 3 is 2.11 bits per heavy atom. The van der Waals surface area contributed by atoms with E-state index in [9.17, 15) is 0 Å². The van der Waals surface area contributed by atoms with E-state index in [2.05, 4.69) is 53.4 Å². The number of hydrogen-bond acceptors (Lipinski definition) is 2. The number of rotatable bonds is 5. The molecule has 0 heterocycles. The molecule has 0 atom stereocenters. The summed E-state index contributed by atoms with van der Waals surface area (Å²) < 4.78 is 0. The SMILES string of the molecule is CN(CCCO)c1ccc(-c2ccccc2)cc1. The Morgan fingerprint density at radius 1 is 0.889 bits per heavy atom. The summed E-state index contributed by atoms with van der Waals surface area (Å²) >= 11 is 0. The lowest BCUT2D eigenvalue weighted by molar-refractivity contribution is 0.290. The van der Waals surface area contributed by atoms with E-state index in [0.717, 1.165) is 13.0 Å². The van der Waals surface area contributed by atoms with Crippen LogP contribution in [0.3, 0.4) is 0 Å². The Kier molecular flexibility index (Phi) is 4.37. The van der Waals surface area contributed by atoms with E-state index >= 15 is 0 Å². The van der Waals surface area contributed by atoms with Gasteiger partial charge in [-0.2, -0.15) is 0 Å². The first kappa shape index (κ1) is 12.7. The molecule has 0 aromatic heterocycles. The predicted molar refractivity (Wildman–Crippen MR) is 76.9 cm³/mol. The molecule has 0 saturated carbocycles. The molecule has 94 valence electrons. The van der Waals surface area contributed by atoms with E-state index in [1.165, 1.54) is 16.8 Å². The first-order valence-corrected chi connectivity index (χ1v) is 6.29. The molecule has 0 aliphatic heterocycles. The first-order chi connectivity index (χ1) is 8.81. The van der Waals surface area contributed by atoms with E-state index in [-0.39, 0.29) is 6.61 Å². The molecule has 1 N–H and O–H groups in total. The zero-order valence-corrected chi connectivity index (χ0v) is 10.7. The molecule has 2 aromatic rings. The lowest BCUT2D eigenvalue weighted by Crippen LogP contribution is -2.19. The van der Waals surface area contributed by atoms with E-state index in [1.54, 1.807) is 0 Å². The molecule has 2 nitrogen and oxygen atoms in total. The number of aliphatic hydroxyl groups excluding tert-OH is 1. The minimum Gasteiger partial charge on any atom is -0.396 e. The summed E-state index contributed by atoms with van der Waals surface area (Å²) in [5.74, 6) is 0. The van der Waals surface area contributed by atoms with Crippen LogP contribution < -0.4 is 4.90 Å². The molecule has 0 unspecified atom stereocenters. The van der Waals surface area contributed by atoms with Crippen LogP contribution in [0.1, 0.15) is 6.42 Å². The highest BCUT2D eigenvalue weighted by Crippen LogP contribution is 2.22. The van der Waals surface area contributed by atoms with Crippen molar-refractivity contribution in [3.8, 4) is 11.1 Å². The molecule has 0 bridgehead atoms. The van der Waals surface area contributed by atoms with Gasteiger partial charge in [-0.15, -0.1) is 0 Å². The molecule has 18 heavy (non-hydrogen) atoms. The highest BCUT2D eigenvalue weighted by atomic mass is 16.3. The molecule has 0 radical (unpaired) electrons. The lowest BCUT2D eigenvalue weighted by Gasteiger charge is -2.19. The Morgan fingerprint density at radius 2 is 1.50 bits per heavy atom. The second-order valence-corrected chi connectivity index (χ2v) is 4.41. The summed E-state index contributed by atoms with van der Waals surface area (Å²) in [6.07, 6.45) is 0.803. The van der Waals surface area contributed by atoms with Gasteiger partial charge in [0.05, 0.1) is 0 Å². The van der Waals surface area contributed by atoms with Crippen molar-refractivity contribution in [1.29, 1.82) is 0 Å². The van der Waals surface area contributed by atoms with Gasteiger partial charge in [0.25, 0.3) is 0 Å². The Balaban J connectivity index is 2.10. The van der Waals surface area contributed by atoms with Crippen LogP contribution in [0.4, 0.5) is 5.69 Å². The summed E-state index contributed by atoms with van der Waals surface area (Å²) in [5.41, 5.74) is 3.65. The van der Waals surface area contributed by atoms with Crippen LogP contribution in [0.25, 0.3) is 11.1 Å². The van der Waals surface area contributed by atoms with E-state index in [0.29, 0.717) is 0 Å². The van der Waals surface area contributed by atoms with Crippen LogP contribution >= 0.6 is 0 Å². The highest BCUT2D eigenvalue weighted by molar-refractivity contribution is 5.66. The lowest BCUT2D eigenvalue weighted by atomic mass is 10.1. The van der Waals surface area contributed by atoms with E-state index in [4.69, 9.17) is 5.11 Å².